The number of aromatic nitrogens is 2. The minimum Gasteiger partial charge on any atom is -0.309 e. The minimum absolute atomic E-state index is 0.611. The van der Waals surface area contributed by atoms with Gasteiger partial charge in [-0.15, -0.1) is 0 Å². The number of benzene rings is 6. The monoisotopic (exact) mass is 534 g/mol. The van der Waals surface area contributed by atoms with Gasteiger partial charge in [0.15, 0.2) is 0 Å². The van der Waals surface area contributed by atoms with Crippen molar-refractivity contribution in [3.63, 3.8) is 0 Å². The van der Waals surface area contributed by atoms with Gasteiger partial charge >= 0.3 is 0 Å². The summed E-state index contributed by atoms with van der Waals surface area (Å²) in [5, 5.41) is 24.4. The average molecular weight is 535 g/mol. The number of para-hydroxylation sites is 4. The molecule has 194 valence electrons. The fraction of sp³-hybridized carbons (Fsp3) is 0. The second-order valence-electron chi connectivity index (χ2n) is 10.4. The fourth-order valence-corrected chi connectivity index (χ4v) is 6.39. The third-order valence-electron chi connectivity index (χ3n) is 8.20. The van der Waals surface area contributed by atoms with Crippen molar-refractivity contribution in [1.82, 2.24) is 9.13 Å². The number of nitrogens with zero attached hydrogens (tertiary/aromatic N) is 4. The molecule has 0 aliphatic rings. The molecule has 0 atom stereocenters. The molecule has 0 saturated heterocycles. The van der Waals surface area contributed by atoms with E-state index < -0.39 is 0 Å². The van der Waals surface area contributed by atoms with E-state index in [1.807, 2.05) is 54.6 Å². The van der Waals surface area contributed by atoms with Crippen LogP contribution in [0.3, 0.4) is 0 Å². The summed E-state index contributed by atoms with van der Waals surface area (Å²) in [7, 11) is 0. The highest BCUT2D eigenvalue weighted by Crippen LogP contribution is 2.39. The molecule has 0 radical (unpaired) electrons. The molecule has 0 amide bonds. The summed E-state index contributed by atoms with van der Waals surface area (Å²) in [6.07, 6.45) is 0. The SMILES string of the molecule is N#Cc1ccc2c(c1)c1ccccc1n2-c1ccccc1-c1cc(-n2c3ccccc3c3ccccc32)ccc1C#N. The van der Waals surface area contributed by atoms with Gasteiger partial charge in [0.05, 0.1) is 51.0 Å². The summed E-state index contributed by atoms with van der Waals surface area (Å²) < 4.78 is 4.53. The Morgan fingerprint density at radius 2 is 1.00 bits per heavy atom. The normalized spacial score (nSPS) is 11.3. The molecule has 4 nitrogen and oxygen atoms in total. The van der Waals surface area contributed by atoms with Crippen LogP contribution in [0, 0.1) is 22.7 Å². The highest BCUT2D eigenvalue weighted by atomic mass is 15.0. The predicted octanol–water partition coefficient (Wildman–Crippen LogP) is 9.29. The van der Waals surface area contributed by atoms with Crippen molar-refractivity contribution in [2.45, 2.75) is 0 Å². The molecular weight excluding hydrogens is 512 g/mol. The second kappa shape index (κ2) is 9.24. The van der Waals surface area contributed by atoms with Crippen LogP contribution in [0.4, 0.5) is 0 Å². The van der Waals surface area contributed by atoms with Crippen molar-refractivity contribution in [3.8, 4) is 34.6 Å². The Bertz CT molecular complexity index is 2390. The van der Waals surface area contributed by atoms with Crippen molar-refractivity contribution in [2.75, 3.05) is 0 Å². The maximum Gasteiger partial charge on any atom is 0.0998 e. The van der Waals surface area contributed by atoms with Crippen LogP contribution in [-0.4, -0.2) is 9.13 Å². The first-order valence-corrected chi connectivity index (χ1v) is 13.8. The summed E-state index contributed by atoms with van der Waals surface area (Å²) in [6.45, 7) is 0. The van der Waals surface area contributed by atoms with Crippen LogP contribution in [0.15, 0.2) is 133 Å². The van der Waals surface area contributed by atoms with Crippen LogP contribution in [-0.2, 0) is 0 Å². The number of fused-ring (bicyclic) bond motifs is 6. The van der Waals surface area contributed by atoms with E-state index in [4.69, 9.17) is 0 Å². The van der Waals surface area contributed by atoms with Crippen molar-refractivity contribution in [1.29, 1.82) is 10.5 Å². The molecule has 2 aromatic heterocycles. The molecular formula is C38H22N4. The third kappa shape index (κ3) is 3.40. The molecule has 0 saturated carbocycles. The van der Waals surface area contributed by atoms with Crippen molar-refractivity contribution in [2.24, 2.45) is 0 Å². The fourth-order valence-electron chi connectivity index (χ4n) is 6.39. The number of hydrogen-bond acceptors (Lipinski definition) is 2. The van der Waals surface area contributed by atoms with Gasteiger partial charge in [-0.2, -0.15) is 10.5 Å². The summed E-state index contributed by atoms with van der Waals surface area (Å²) in [5.74, 6) is 0. The lowest BCUT2D eigenvalue weighted by Crippen LogP contribution is -2.00. The summed E-state index contributed by atoms with van der Waals surface area (Å²) >= 11 is 0. The van der Waals surface area contributed by atoms with Crippen LogP contribution >= 0.6 is 0 Å². The van der Waals surface area contributed by atoms with E-state index in [9.17, 15) is 10.5 Å². The first kappa shape index (κ1) is 23.8. The highest BCUT2D eigenvalue weighted by Gasteiger charge is 2.19. The molecule has 0 aliphatic heterocycles. The molecule has 0 unspecified atom stereocenters. The van der Waals surface area contributed by atoms with Gasteiger partial charge in [0.25, 0.3) is 0 Å². The second-order valence-corrected chi connectivity index (χ2v) is 10.4. The van der Waals surface area contributed by atoms with E-state index in [0.717, 1.165) is 55.3 Å². The third-order valence-corrected chi connectivity index (χ3v) is 8.20. The topological polar surface area (TPSA) is 57.4 Å². The van der Waals surface area contributed by atoms with Gasteiger partial charge in [-0.05, 0) is 60.7 Å². The zero-order valence-electron chi connectivity index (χ0n) is 22.5. The molecule has 2 heterocycles. The highest BCUT2D eigenvalue weighted by molar-refractivity contribution is 6.11. The molecule has 6 aromatic carbocycles. The van der Waals surface area contributed by atoms with E-state index in [-0.39, 0.29) is 0 Å². The molecule has 0 bridgehead atoms. The van der Waals surface area contributed by atoms with E-state index in [2.05, 4.69) is 100 Å². The Morgan fingerprint density at radius 3 is 1.67 bits per heavy atom. The van der Waals surface area contributed by atoms with Crippen LogP contribution < -0.4 is 0 Å². The number of hydrogen-bond donors (Lipinski definition) is 0. The first-order chi connectivity index (χ1) is 20.8. The number of rotatable bonds is 3. The Labute approximate surface area is 242 Å². The standard InChI is InChI=1S/C38H22N4/c39-23-25-17-20-38-33(21-25)31-12-4-8-16-37(31)42(38)36-15-7-3-11-30(36)32-22-27(19-18-26(32)24-40)41-34-13-5-1-9-28(34)29-10-2-6-14-35(29)41/h1-22H. The Morgan fingerprint density at radius 1 is 0.429 bits per heavy atom. The van der Waals surface area contributed by atoms with E-state index in [0.29, 0.717) is 11.1 Å². The smallest absolute Gasteiger partial charge is 0.0998 e. The van der Waals surface area contributed by atoms with Gasteiger partial charge in [-0.3, -0.25) is 0 Å². The molecule has 0 fully saturated rings. The van der Waals surface area contributed by atoms with Gasteiger partial charge < -0.3 is 9.13 Å². The number of nitriles is 2. The zero-order valence-corrected chi connectivity index (χ0v) is 22.5. The summed E-state index contributed by atoms with van der Waals surface area (Å²) in [6, 6.07) is 50.1. The predicted molar refractivity (Wildman–Crippen MR) is 170 cm³/mol. The first-order valence-electron chi connectivity index (χ1n) is 13.8. The molecule has 8 aromatic rings. The van der Waals surface area contributed by atoms with Crippen LogP contribution in [0.25, 0.3) is 66.1 Å². The van der Waals surface area contributed by atoms with Gasteiger partial charge in [-0.1, -0.05) is 72.8 Å². The average Bonchev–Trinajstić information content (AvgIpc) is 3.57. The lowest BCUT2D eigenvalue weighted by atomic mass is 9.97. The largest absolute Gasteiger partial charge is 0.309 e. The van der Waals surface area contributed by atoms with Crippen LogP contribution in [0.2, 0.25) is 0 Å². The van der Waals surface area contributed by atoms with E-state index >= 15 is 0 Å². The molecule has 42 heavy (non-hydrogen) atoms. The van der Waals surface area contributed by atoms with Crippen LogP contribution in [0.1, 0.15) is 11.1 Å². The van der Waals surface area contributed by atoms with Gasteiger partial charge in [-0.25, -0.2) is 0 Å². The van der Waals surface area contributed by atoms with E-state index in [1.165, 1.54) is 10.8 Å². The quantitative estimate of drug-likeness (QED) is 0.227. The Balaban J connectivity index is 1.43. The van der Waals surface area contributed by atoms with Crippen molar-refractivity contribution < 1.29 is 0 Å². The molecule has 0 spiro atoms. The zero-order chi connectivity index (χ0) is 28.2. The van der Waals surface area contributed by atoms with Gasteiger partial charge in [0.1, 0.15) is 0 Å². The van der Waals surface area contributed by atoms with Gasteiger partial charge in [0, 0.05) is 38.4 Å². The molecule has 8 rings (SSSR count). The van der Waals surface area contributed by atoms with Gasteiger partial charge in [0.2, 0.25) is 0 Å². The molecule has 4 heteroatoms. The summed E-state index contributed by atoms with van der Waals surface area (Å²) in [4.78, 5) is 0. The minimum atomic E-state index is 0.611. The van der Waals surface area contributed by atoms with E-state index in [1.54, 1.807) is 0 Å². The van der Waals surface area contributed by atoms with Crippen LogP contribution in [0.5, 0.6) is 0 Å². The molecule has 0 aliphatic carbocycles. The Kier molecular flexibility index (Phi) is 5.22. The lowest BCUT2D eigenvalue weighted by molar-refractivity contribution is 1.17. The maximum absolute atomic E-state index is 10.3. The Hall–Kier alpha value is -6.10. The van der Waals surface area contributed by atoms with Crippen molar-refractivity contribution >= 4 is 43.6 Å². The summed E-state index contributed by atoms with van der Waals surface area (Å²) in [5.41, 5.74) is 9.35. The lowest BCUT2D eigenvalue weighted by Gasteiger charge is -2.16. The van der Waals surface area contributed by atoms with Crippen molar-refractivity contribution in [3.05, 3.63) is 145 Å². The molecule has 0 N–H and O–H groups in total. The maximum atomic E-state index is 10.3.